The highest BCUT2D eigenvalue weighted by molar-refractivity contribution is 6.34. The van der Waals surface area contributed by atoms with Gasteiger partial charge in [0.2, 0.25) is 5.91 Å². The van der Waals surface area contributed by atoms with E-state index in [4.69, 9.17) is 11.6 Å². The summed E-state index contributed by atoms with van der Waals surface area (Å²) >= 11 is 6.17. The number of nitrogens with one attached hydrogen (secondary N) is 2. The molecular weight excluding hydrogens is 260 g/mol. The lowest BCUT2D eigenvalue weighted by atomic mass is 10.0. The number of halogens is 1. The Kier molecular flexibility index (Phi) is 4.70. The smallest absolute Gasteiger partial charge is 0.221 e. The molecule has 0 aliphatic heterocycles. The van der Waals surface area contributed by atoms with Crippen molar-refractivity contribution < 1.29 is 4.79 Å². The van der Waals surface area contributed by atoms with Gasteiger partial charge in [0.15, 0.2) is 0 Å². The largest absolute Gasteiger partial charge is 0.382 e. The quantitative estimate of drug-likeness (QED) is 0.864. The first-order valence-corrected chi connectivity index (χ1v) is 7.31. The first-order chi connectivity index (χ1) is 9.10. The van der Waals surface area contributed by atoms with Crippen molar-refractivity contribution in [3.05, 3.63) is 23.2 Å². The molecule has 0 bridgehead atoms. The molecule has 0 heterocycles. The molecule has 1 aromatic rings. The van der Waals surface area contributed by atoms with Gasteiger partial charge >= 0.3 is 0 Å². The zero-order valence-corrected chi connectivity index (χ0v) is 12.3. The van der Waals surface area contributed by atoms with Crippen LogP contribution in [0.4, 0.5) is 11.4 Å². The van der Waals surface area contributed by atoms with Gasteiger partial charge < -0.3 is 10.6 Å². The maximum absolute atomic E-state index is 11.0. The minimum absolute atomic E-state index is 0.107. The standard InChI is InChI=1S/C15H21ClN2O/c1-3-11-5-4-6-14(11)18-12-7-8-15(13(16)9-12)17-10(2)19/h7-9,11,14,18H,3-6H2,1-2H3,(H,17,19). The molecule has 0 radical (unpaired) electrons. The Morgan fingerprint density at radius 2 is 2.21 bits per heavy atom. The Morgan fingerprint density at radius 3 is 2.84 bits per heavy atom. The van der Waals surface area contributed by atoms with Crippen molar-refractivity contribution in [3.63, 3.8) is 0 Å². The van der Waals surface area contributed by atoms with Crippen molar-refractivity contribution in [2.75, 3.05) is 10.6 Å². The van der Waals surface area contributed by atoms with Gasteiger partial charge in [0.05, 0.1) is 10.7 Å². The predicted molar refractivity (Wildman–Crippen MR) is 80.8 cm³/mol. The number of hydrogen-bond acceptors (Lipinski definition) is 2. The number of carbonyl (C=O) groups is 1. The van der Waals surface area contributed by atoms with Gasteiger partial charge in [-0.25, -0.2) is 0 Å². The highest BCUT2D eigenvalue weighted by Crippen LogP contribution is 2.32. The fourth-order valence-corrected chi connectivity index (χ4v) is 3.05. The molecule has 4 heteroatoms. The molecule has 2 atom stereocenters. The highest BCUT2D eigenvalue weighted by atomic mass is 35.5. The summed E-state index contributed by atoms with van der Waals surface area (Å²) in [5.74, 6) is 0.651. The summed E-state index contributed by atoms with van der Waals surface area (Å²) in [6, 6.07) is 6.26. The zero-order chi connectivity index (χ0) is 13.8. The molecule has 1 aromatic carbocycles. The summed E-state index contributed by atoms with van der Waals surface area (Å²) in [5.41, 5.74) is 1.70. The van der Waals surface area contributed by atoms with Crippen LogP contribution in [0.25, 0.3) is 0 Å². The van der Waals surface area contributed by atoms with Gasteiger partial charge in [0.25, 0.3) is 0 Å². The first kappa shape index (κ1) is 14.2. The van der Waals surface area contributed by atoms with Crippen molar-refractivity contribution in [1.29, 1.82) is 0 Å². The predicted octanol–water partition coefficient (Wildman–Crippen LogP) is 4.29. The topological polar surface area (TPSA) is 41.1 Å². The maximum Gasteiger partial charge on any atom is 0.221 e. The molecular formula is C15H21ClN2O. The third-order valence-corrected chi connectivity index (χ3v) is 4.13. The van der Waals surface area contributed by atoms with Crippen molar-refractivity contribution in [2.45, 2.75) is 45.6 Å². The van der Waals surface area contributed by atoms with Crippen LogP contribution in [-0.4, -0.2) is 11.9 Å². The Balaban J connectivity index is 2.05. The first-order valence-electron chi connectivity index (χ1n) is 6.94. The van der Waals surface area contributed by atoms with E-state index in [1.807, 2.05) is 18.2 Å². The van der Waals surface area contributed by atoms with Gasteiger partial charge in [-0.15, -0.1) is 0 Å². The Bertz CT molecular complexity index is 461. The Hall–Kier alpha value is -1.22. The van der Waals surface area contributed by atoms with Gasteiger partial charge in [-0.1, -0.05) is 31.4 Å². The molecule has 1 fully saturated rings. The second-order valence-corrected chi connectivity index (χ2v) is 5.63. The molecule has 19 heavy (non-hydrogen) atoms. The number of anilines is 2. The van der Waals surface area contributed by atoms with E-state index in [0.29, 0.717) is 16.8 Å². The van der Waals surface area contributed by atoms with E-state index in [0.717, 1.165) is 11.6 Å². The number of hydrogen-bond donors (Lipinski definition) is 2. The van der Waals surface area contributed by atoms with Crippen LogP contribution < -0.4 is 10.6 Å². The van der Waals surface area contributed by atoms with E-state index in [1.54, 1.807) is 0 Å². The number of amides is 1. The lowest BCUT2D eigenvalue weighted by Gasteiger charge is -2.21. The van der Waals surface area contributed by atoms with Gasteiger partial charge in [-0.05, 0) is 37.0 Å². The molecule has 0 saturated heterocycles. The normalized spacial score (nSPS) is 22.3. The highest BCUT2D eigenvalue weighted by Gasteiger charge is 2.25. The van der Waals surface area contributed by atoms with Crippen LogP contribution in [0.15, 0.2) is 18.2 Å². The van der Waals surface area contributed by atoms with E-state index < -0.39 is 0 Å². The third kappa shape index (κ3) is 3.63. The molecule has 0 spiro atoms. The molecule has 2 unspecified atom stereocenters. The summed E-state index contributed by atoms with van der Waals surface area (Å²) < 4.78 is 0. The molecule has 1 aliphatic rings. The maximum atomic E-state index is 11.0. The molecule has 104 valence electrons. The summed E-state index contributed by atoms with van der Waals surface area (Å²) in [6.45, 7) is 3.73. The van der Waals surface area contributed by atoms with E-state index in [9.17, 15) is 4.79 Å². The average Bonchev–Trinajstić information content (AvgIpc) is 2.79. The van der Waals surface area contributed by atoms with Gasteiger partial charge in [-0.2, -0.15) is 0 Å². The summed E-state index contributed by atoms with van der Waals surface area (Å²) in [7, 11) is 0. The van der Waals surface area contributed by atoms with Crippen LogP contribution in [0, 0.1) is 5.92 Å². The molecule has 2 N–H and O–H groups in total. The van der Waals surface area contributed by atoms with Crippen LogP contribution in [-0.2, 0) is 4.79 Å². The minimum Gasteiger partial charge on any atom is -0.382 e. The molecule has 1 aliphatic carbocycles. The van der Waals surface area contributed by atoms with Crippen LogP contribution >= 0.6 is 11.6 Å². The number of carbonyl (C=O) groups excluding carboxylic acids is 1. The van der Waals surface area contributed by atoms with Crippen LogP contribution in [0.1, 0.15) is 39.5 Å². The van der Waals surface area contributed by atoms with Crippen molar-refractivity contribution >= 4 is 28.9 Å². The van der Waals surface area contributed by atoms with Gasteiger partial charge in [0, 0.05) is 18.7 Å². The Labute approximate surface area is 119 Å². The molecule has 3 nitrogen and oxygen atoms in total. The van der Waals surface area contributed by atoms with E-state index in [2.05, 4.69) is 17.6 Å². The van der Waals surface area contributed by atoms with Gasteiger partial charge in [0.1, 0.15) is 0 Å². The van der Waals surface area contributed by atoms with Crippen LogP contribution in [0.2, 0.25) is 5.02 Å². The second kappa shape index (κ2) is 6.29. The lowest BCUT2D eigenvalue weighted by molar-refractivity contribution is -0.114. The summed E-state index contributed by atoms with van der Waals surface area (Å²) in [4.78, 5) is 11.0. The minimum atomic E-state index is -0.107. The molecule has 2 rings (SSSR count). The van der Waals surface area contributed by atoms with E-state index in [-0.39, 0.29) is 5.91 Å². The molecule has 1 amide bonds. The van der Waals surface area contributed by atoms with Crippen molar-refractivity contribution in [2.24, 2.45) is 5.92 Å². The van der Waals surface area contributed by atoms with Gasteiger partial charge in [-0.3, -0.25) is 4.79 Å². The summed E-state index contributed by atoms with van der Waals surface area (Å²) in [5, 5.41) is 6.86. The van der Waals surface area contributed by atoms with E-state index >= 15 is 0 Å². The van der Waals surface area contributed by atoms with Crippen molar-refractivity contribution in [1.82, 2.24) is 0 Å². The monoisotopic (exact) mass is 280 g/mol. The zero-order valence-electron chi connectivity index (χ0n) is 11.5. The third-order valence-electron chi connectivity index (χ3n) is 3.82. The number of rotatable bonds is 4. The fraction of sp³-hybridized carbons (Fsp3) is 0.533. The molecule has 0 aromatic heterocycles. The second-order valence-electron chi connectivity index (χ2n) is 5.23. The van der Waals surface area contributed by atoms with Crippen molar-refractivity contribution in [3.8, 4) is 0 Å². The van der Waals surface area contributed by atoms with E-state index in [1.165, 1.54) is 32.6 Å². The number of benzene rings is 1. The Morgan fingerprint density at radius 1 is 1.42 bits per heavy atom. The fourth-order valence-electron chi connectivity index (χ4n) is 2.83. The average molecular weight is 281 g/mol. The van der Waals surface area contributed by atoms with Crippen LogP contribution in [0.5, 0.6) is 0 Å². The molecule has 1 saturated carbocycles. The SMILES string of the molecule is CCC1CCCC1Nc1ccc(NC(C)=O)c(Cl)c1. The van der Waals surface area contributed by atoms with Crippen LogP contribution in [0.3, 0.4) is 0 Å². The lowest BCUT2D eigenvalue weighted by Crippen LogP contribution is -2.23. The summed E-state index contributed by atoms with van der Waals surface area (Å²) in [6.07, 6.45) is 5.05.